The molecule has 102 valence electrons. The average Bonchev–Trinajstić information content (AvgIpc) is 2.23. The van der Waals surface area contributed by atoms with Crippen LogP contribution in [0.4, 0.5) is 4.79 Å². The Morgan fingerprint density at radius 2 is 1.89 bits per heavy atom. The van der Waals surface area contributed by atoms with Gasteiger partial charge in [-0.15, -0.1) is 0 Å². The number of carbonyl (C=O) groups is 4. The molecule has 0 radical (unpaired) electrons. The van der Waals surface area contributed by atoms with Crippen molar-refractivity contribution >= 4 is 24.2 Å². The third-order valence-corrected chi connectivity index (χ3v) is 1.94. The highest BCUT2D eigenvalue weighted by Gasteiger charge is 2.25. The van der Waals surface area contributed by atoms with E-state index in [-0.39, 0.29) is 0 Å². The number of aliphatic hydroxyl groups excluding tert-OH is 1. The molecule has 0 aliphatic heterocycles. The summed E-state index contributed by atoms with van der Waals surface area (Å²) in [6, 6.07) is -3.67. The Hall–Kier alpha value is -2.16. The summed E-state index contributed by atoms with van der Waals surface area (Å²) in [7, 11) is 0. The average molecular weight is 261 g/mol. The zero-order chi connectivity index (χ0) is 14.3. The number of aliphatic hydroxyl groups is 1. The van der Waals surface area contributed by atoms with Crippen molar-refractivity contribution in [3.05, 3.63) is 0 Å². The van der Waals surface area contributed by atoms with Gasteiger partial charge in [-0.25, -0.2) is 9.59 Å². The molecule has 0 aromatic heterocycles. The van der Waals surface area contributed by atoms with Crippen LogP contribution in [-0.4, -0.2) is 52.6 Å². The monoisotopic (exact) mass is 261 g/mol. The van der Waals surface area contributed by atoms with E-state index in [0.29, 0.717) is 6.29 Å². The number of urea groups is 1. The molecular weight excluding hydrogens is 246 g/mol. The van der Waals surface area contributed by atoms with Gasteiger partial charge in [-0.1, -0.05) is 0 Å². The van der Waals surface area contributed by atoms with Crippen molar-refractivity contribution in [2.75, 3.05) is 0 Å². The molecule has 0 heterocycles. The molecule has 0 bridgehead atoms. The van der Waals surface area contributed by atoms with Gasteiger partial charge in [0.25, 0.3) is 0 Å². The minimum absolute atomic E-state index is 0.294. The summed E-state index contributed by atoms with van der Waals surface area (Å²) in [6.07, 6.45) is -1.43. The second-order valence-electron chi connectivity index (χ2n) is 3.59. The first-order chi connectivity index (χ1) is 8.27. The predicted octanol–water partition coefficient (Wildman–Crippen LogP) is -2.44. The number of primary amides is 1. The van der Waals surface area contributed by atoms with E-state index in [4.69, 9.17) is 15.9 Å². The number of carboxylic acids is 1. The molecule has 9 heteroatoms. The van der Waals surface area contributed by atoms with E-state index in [0.717, 1.165) is 0 Å². The number of hydrogen-bond donors (Lipinski definition) is 5. The second kappa shape index (κ2) is 7.22. The Labute approximate surface area is 102 Å². The minimum atomic E-state index is -1.52. The summed E-state index contributed by atoms with van der Waals surface area (Å²) in [4.78, 5) is 43.0. The lowest BCUT2D eigenvalue weighted by Crippen LogP contribution is -2.53. The van der Waals surface area contributed by atoms with Gasteiger partial charge in [-0.05, 0) is 6.92 Å². The Morgan fingerprint density at radius 1 is 1.33 bits per heavy atom. The van der Waals surface area contributed by atoms with Crippen LogP contribution in [0.3, 0.4) is 0 Å². The van der Waals surface area contributed by atoms with Crippen molar-refractivity contribution in [2.24, 2.45) is 5.73 Å². The van der Waals surface area contributed by atoms with Crippen LogP contribution < -0.4 is 16.4 Å². The molecule has 0 saturated carbocycles. The maximum absolute atomic E-state index is 11.3. The smallest absolute Gasteiger partial charge is 0.328 e. The van der Waals surface area contributed by atoms with E-state index in [1.807, 2.05) is 10.6 Å². The first-order valence-electron chi connectivity index (χ1n) is 4.99. The third kappa shape index (κ3) is 5.80. The molecule has 0 aromatic carbocycles. The summed E-state index contributed by atoms with van der Waals surface area (Å²) in [5, 5.41) is 21.8. The summed E-state index contributed by atoms with van der Waals surface area (Å²) >= 11 is 0. The van der Waals surface area contributed by atoms with Crippen molar-refractivity contribution in [1.82, 2.24) is 10.6 Å². The molecule has 0 saturated heterocycles. The van der Waals surface area contributed by atoms with Gasteiger partial charge in [-0.3, -0.25) is 4.79 Å². The van der Waals surface area contributed by atoms with Crippen molar-refractivity contribution < 1.29 is 29.4 Å². The summed E-state index contributed by atoms with van der Waals surface area (Å²) in [5.74, 6) is -2.23. The fourth-order valence-electron chi connectivity index (χ4n) is 1.09. The maximum Gasteiger partial charge on any atom is 0.328 e. The highest BCUT2D eigenvalue weighted by atomic mass is 16.4. The molecule has 0 fully saturated rings. The van der Waals surface area contributed by atoms with E-state index in [1.165, 1.54) is 6.92 Å². The molecule has 0 aromatic rings. The topological polar surface area (TPSA) is 159 Å². The molecule has 0 aliphatic rings. The Morgan fingerprint density at radius 3 is 2.22 bits per heavy atom. The second-order valence-corrected chi connectivity index (χ2v) is 3.59. The molecule has 9 nitrogen and oxygen atoms in total. The van der Waals surface area contributed by atoms with E-state index < -0.39 is 42.5 Å². The van der Waals surface area contributed by atoms with Crippen LogP contribution in [0.5, 0.6) is 0 Å². The fourth-order valence-corrected chi connectivity index (χ4v) is 1.09. The summed E-state index contributed by atoms with van der Waals surface area (Å²) in [5.41, 5.74) is 4.84. The number of rotatable bonds is 7. The number of hydrogen-bond acceptors (Lipinski definition) is 5. The van der Waals surface area contributed by atoms with Crippen LogP contribution in [0.1, 0.15) is 13.3 Å². The van der Waals surface area contributed by atoms with Gasteiger partial charge in [0, 0.05) is 0 Å². The number of aldehydes is 1. The van der Waals surface area contributed by atoms with Gasteiger partial charge in [0.2, 0.25) is 5.91 Å². The molecule has 0 rings (SSSR count). The molecule has 3 atom stereocenters. The van der Waals surface area contributed by atoms with E-state index >= 15 is 0 Å². The van der Waals surface area contributed by atoms with E-state index in [9.17, 15) is 19.2 Å². The standard InChI is InChI=1S/C9H15N3O6/c1-4(14)7(8(16)17)12-9(18)11-5(3-13)2-6(10)15/h3-5,7,14H,2H2,1H3,(H2,10,15)(H,16,17)(H2,11,12,18)/t4?,5-,7-/m0/s1. The van der Waals surface area contributed by atoms with Crippen molar-refractivity contribution in [3.8, 4) is 0 Å². The number of carbonyl (C=O) groups excluding carboxylic acids is 3. The number of nitrogens with two attached hydrogens (primary N) is 1. The first kappa shape index (κ1) is 15.8. The van der Waals surface area contributed by atoms with Crippen LogP contribution in [0.15, 0.2) is 0 Å². The lowest BCUT2D eigenvalue weighted by molar-refractivity contribution is -0.141. The lowest BCUT2D eigenvalue weighted by Gasteiger charge is -2.18. The van der Waals surface area contributed by atoms with Crippen LogP contribution in [-0.2, 0) is 14.4 Å². The highest BCUT2D eigenvalue weighted by Crippen LogP contribution is 1.94. The van der Waals surface area contributed by atoms with Crippen molar-refractivity contribution in [2.45, 2.75) is 31.5 Å². The Balaban J connectivity index is 4.43. The molecule has 0 spiro atoms. The quantitative estimate of drug-likeness (QED) is 0.320. The highest BCUT2D eigenvalue weighted by molar-refractivity contribution is 5.86. The number of nitrogens with one attached hydrogen (secondary N) is 2. The van der Waals surface area contributed by atoms with Crippen LogP contribution in [0, 0.1) is 0 Å². The Kier molecular flexibility index (Phi) is 6.35. The van der Waals surface area contributed by atoms with E-state index in [1.54, 1.807) is 0 Å². The van der Waals surface area contributed by atoms with Crippen LogP contribution >= 0.6 is 0 Å². The minimum Gasteiger partial charge on any atom is -0.480 e. The van der Waals surface area contributed by atoms with Gasteiger partial charge < -0.3 is 31.4 Å². The maximum atomic E-state index is 11.3. The molecule has 6 N–H and O–H groups in total. The zero-order valence-electron chi connectivity index (χ0n) is 9.62. The number of aliphatic carboxylic acids is 1. The fraction of sp³-hybridized carbons (Fsp3) is 0.556. The van der Waals surface area contributed by atoms with E-state index in [2.05, 4.69) is 0 Å². The van der Waals surface area contributed by atoms with Gasteiger partial charge in [0.05, 0.1) is 18.6 Å². The molecule has 1 unspecified atom stereocenters. The van der Waals surface area contributed by atoms with Crippen LogP contribution in [0.2, 0.25) is 0 Å². The van der Waals surface area contributed by atoms with Gasteiger partial charge in [0.15, 0.2) is 6.04 Å². The summed E-state index contributed by atoms with van der Waals surface area (Å²) < 4.78 is 0. The number of carboxylic acid groups (broad SMARTS) is 1. The number of amides is 3. The molecule has 0 aliphatic carbocycles. The first-order valence-corrected chi connectivity index (χ1v) is 4.99. The molecule has 3 amide bonds. The Bertz CT molecular complexity index is 343. The lowest BCUT2D eigenvalue weighted by atomic mass is 10.2. The van der Waals surface area contributed by atoms with Gasteiger partial charge >= 0.3 is 12.0 Å². The van der Waals surface area contributed by atoms with Gasteiger partial charge in [-0.2, -0.15) is 0 Å². The third-order valence-electron chi connectivity index (χ3n) is 1.94. The normalized spacial score (nSPS) is 15.0. The van der Waals surface area contributed by atoms with Crippen molar-refractivity contribution in [3.63, 3.8) is 0 Å². The van der Waals surface area contributed by atoms with Crippen LogP contribution in [0.25, 0.3) is 0 Å². The molecule has 18 heavy (non-hydrogen) atoms. The van der Waals surface area contributed by atoms with Crippen molar-refractivity contribution in [1.29, 1.82) is 0 Å². The largest absolute Gasteiger partial charge is 0.480 e. The van der Waals surface area contributed by atoms with Gasteiger partial charge in [0.1, 0.15) is 6.29 Å². The summed E-state index contributed by atoms with van der Waals surface area (Å²) in [6.45, 7) is 1.18. The zero-order valence-corrected chi connectivity index (χ0v) is 9.62. The SMILES string of the molecule is CC(O)[C@H](NC(=O)N[C@H](C=O)CC(N)=O)C(=O)O. The predicted molar refractivity (Wildman–Crippen MR) is 58.4 cm³/mol. The molecular formula is C9H15N3O6.